The molecule has 0 N–H and O–H groups in total. The fourth-order valence-electron chi connectivity index (χ4n) is 8.30. The lowest BCUT2D eigenvalue weighted by molar-refractivity contribution is 0.744. The van der Waals surface area contributed by atoms with Gasteiger partial charge in [0.1, 0.15) is 5.01 Å². The van der Waals surface area contributed by atoms with E-state index in [1.54, 1.807) is 16.7 Å². The van der Waals surface area contributed by atoms with Crippen LogP contribution in [0.1, 0.15) is 162 Å². The summed E-state index contributed by atoms with van der Waals surface area (Å²) in [6.07, 6.45) is 46.2. The van der Waals surface area contributed by atoms with Gasteiger partial charge in [-0.2, -0.15) is 0 Å². The van der Waals surface area contributed by atoms with Crippen molar-refractivity contribution in [3.8, 4) is 12.8 Å². The molecule has 0 bridgehead atoms. The number of benzene rings is 3. The minimum absolute atomic E-state index is 0.303. The zero-order valence-corrected chi connectivity index (χ0v) is 45.3. The van der Waals surface area contributed by atoms with Gasteiger partial charge in [0.15, 0.2) is 0 Å². The Bertz CT molecular complexity index is 2370. The van der Waals surface area contributed by atoms with Crippen LogP contribution in [0, 0.1) is 12.8 Å². The van der Waals surface area contributed by atoms with Crippen LogP contribution in [-0.2, 0) is 6.42 Å². The summed E-state index contributed by atoms with van der Waals surface area (Å²) in [5, 5.41) is 1.22. The number of hydrogen-bond donors (Lipinski definition) is 0. The molecule has 0 spiro atoms. The van der Waals surface area contributed by atoms with Crippen molar-refractivity contribution < 1.29 is 0 Å². The van der Waals surface area contributed by atoms with E-state index in [4.69, 9.17) is 4.98 Å². The average Bonchev–Trinajstić information content (AvgIpc) is 3.84. The van der Waals surface area contributed by atoms with Gasteiger partial charge in [-0.25, -0.2) is 4.98 Å². The number of rotatable bonds is 20. The van der Waals surface area contributed by atoms with Crippen molar-refractivity contribution in [1.82, 2.24) is 4.98 Å². The smallest absolute Gasteiger partial charge is 0.101 e. The summed E-state index contributed by atoms with van der Waals surface area (Å²) in [7, 11) is 0. The number of aryl methyl sites for hydroxylation is 1. The van der Waals surface area contributed by atoms with Crippen LogP contribution in [0.3, 0.4) is 0 Å². The first-order valence-electron chi connectivity index (χ1n) is 25.5. The van der Waals surface area contributed by atoms with E-state index in [0.717, 1.165) is 94.0 Å². The van der Waals surface area contributed by atoms with Crippen LogP contribution in [0.5, 0.6) is 0 Å². The van der Waals surface area contributed by atoms with Gasteiger partial charge in [-0.15, -0.1) is 35.9 Å². The van der Waals surface area contributed by atoms with E-state index in [2.05, 4.69) is 186 Å². The second kappa shape index (κ2) is 35.9. The Kier molecular flexibility index (Phi) is 31.1. The molecule has 0 radical (unpaired) electrons. The predicted octanol–water partition coefficient (Wildman–Crippen LogP) is 20.5. The molecule has 1 heterocycles. The number of thiazole rings is 1. The Morgan fingerprint density at radius 2 is 1.51 bits per heavy atom. The van der Waals surface area contributed by atoms with Gasteiger partial charge in [0.25, 0.3) is 0 Å². The Balaban J connectivity index is 0.00000188. The van der Waals surface area contributed by atoms with Crippen molar-refractivity contribution in [2.24, 2.45) is 4.99 Å². The molecule has 362 valence electrons. The van der Waals surface area contributed by atoms with Crippen LogP contribution in [0.25, 0.3) is 15.8 Å². The number of thioether (sulfide) groups is 1. The summed E-state index contributed by atoms with van der Waals surface area (Å²) in [5.41, 5.74) is 15.6. The van der Waals surface area contributed by atoms with Gasteiger partial charge in [-0.05, 0) is 150 Å². The summed E-state index contributed by atoms with van der Waals surface area (Å²) in [4.78, 5) is 10.6. The largest absolute Gasteiger partial charge is 0.263 e. The lowest BCUT2D eigenvalue weighted by Crippen LogP contribution is -2.09. The first kappa shape index (κ1) is 58.9. The third kappa shape index (κ3) is 19.1. The number of allylic oxidation sites excluding steroid dienone is 17. The van der Waals surface area contributed by atoms with Gasteiger partial charge in [-0.1, -0.05) is 193 Å². The molecule has 0 saturated carbocycles. The standard InChI is InChI=1S/C56H64N2S2.3C2H6.C2H2/c1-6-8-10-11-12-15-25-44(26-24-31-45(27-9-7-2)42(3)43(4)56-58-53-34-21-23-36-55(53)60-56)39-47-29-16-13-14-17-30-48(47)40-49-38-37-46-28-18-19-32-50(46)51(49)41-59-54-35-22-20-33-52(54)57-5;4*1-2/h7-14,18-23,25,28-30,32-36,43H,5-6,15-17,24,26-27,31,37-41H2,1-4H3;3*1-2H3;1-2H/b9-7-,10-8-,12-11-,14-13-,44-25-,45-42-,47-29-,48-30-;;;;. The zero-order chi connectivity index (χ0) is 49.9. The molecule has 4 heteroatoms. The summed E-state index contributed by atoms with van der Waals surface area (Å²) >= 11 is 3.74. The summed E-state index contributed by atoms with van der Waals surface area (Å²) in [6, 6.07) is 26.0. The molecule has 4 aromatic rings. The van der Waals surface area contributed by atoms with Gasteiger partial charge in [0.2, 0.25) is 0 Å². The molecule has 1 aromatic heterocycles. The van der Waals surface area contributed by atoms with Crippen molar-refractivity contribution in [3.63, 3.8) is 0 Å². The molecule has 2 aliphatic carbocycles. The minimum Gasteiger partial charge on any atom is -0.263 e. The lowest BCUT2D eigenvalue weighted by atomic mass is 9.81. The molecule has 0 fully saturated rings. The highest BCUT2D eigenvalue weighted by Gasteiger charge is 2.22. The Morgan fingerprint density at radius 3 is 2.24 bits per heavy atom. The van der Waals surface area contributed by atoms with E-state index >= 15 is 0 Å². The van der Waals surface area contributed by atoms with Crippen LogP contribution >= 0.6 is 23.1 Å². The lowest BCUT2D eigenvalue weighted by Gasteiger charge is -2.26. The predicted molar refractivity (Wildman–Crippen MR) is 311 cm³/mol. The zero-order valence-electron chi connectivity index (χ0n) is 43.6. The molecule has 1 unspecified atom stereocenters. The van der Waals surface area contributed by atoms with E-state index in [9.17, 15) is 0 Å². The second-order valence-corrected chi connectivity index (χ2v) is 18.0. The number of para-hydroxylation sites is 2. The SMILES string of the molecule is C#C.C=Nc1ccccc1SCC1=C(CC2=C/C/C=C\C/C=C\2C/C(=C\C/C=C\C=C/CC)CCC/C(C/C=C\C)=C(/C)C(C)c2nc3ccccc3s2)CCc2ccccc21.CC.CC.CC. The molecule has 6 rings (SSSR count). The van der Waals surface area contributed by atoms with Crippen molar-refractivity contribution in [2.75, 3.05) is 5.75 Å². The summed E-state index contributed by atoms with van der Waals surface area (Å²) in [5.74, 6) is 1.23. The summed E-state index contributed by atoms with van der Waals surface area (Å²) in [6.45, 7) is 24.9. The number of hydrogen-bond acceptors (Lipinski definition) is 4. The highest BCUT2D eigenvalue weighted by Crippen LogP contribution is 2.42. The van der Waals surface area contributed by atoms with Crippen molar-refractivity contribution in [1.29, 1.82) is 0 Å². The number of nitrogens with zero attached hydrogens (tertiary/aromatic N) is 2. The number of terminal acetylenes is 1. The number of fused-ring (bicyclic) bond motifs is 2. The maximum Gasteiger partial charge on any atom is 0.101 e. The fourth-order valence-corrected chi connectivity index (χ4v) is 10.5. The third-order valence-corrected chi connectivity index (χ3v) is 14.2. The van der Waals surface area contributed by atoms with E-state index in [1.165, 1.54) is 48.0 Å². The molecule has 0 saturated heterocycles. The minimum atomic E-state index is 0.303. The molecular weight excluding hydrogens is 861 g/mol. The Labute approximate surface area is 423 Å². The topological polar surface area (TPSA) is 25.2 Å². The maximum atomic E-state index is 5.06. The first-order valence-corrected chi connectivity index (χ1v) is 27.3. The average molecular weight is 946 g/mol. The first-order chi connectivity index (χ1) is 33.5. The maximum absolute atomic E-state index is 5.06. The van der Waals surface area contributed by atoms with Crippen LogP contribution in [-0.4, -0.2) is 17.5 Å². The quantitative estimate of drug-likeness (QED) is 0.0290. The molecule has 0 amide bonds. The van der Waals surface area contributed by atoms with Crippen LogP contribution in [0.2, 0.25) is 0 Å². The summed E-state index contributed by atoms with van der Waals surface area (Å²) < 4.78 is 1.27. The monoisotopic (exact) mass is 945 g/mol. The molecule has 2 nitrogen and oxygen atoms in total. The van der Waals surface area contributed by atoms with Gasteiger partial charge < -0.3 is 0 Å². The number of aliphatic imine (C=N–C) groups is 1. The van der Waals surface area contributed by atoms with E-state index in [0.29, 0.717) is 5.92 Å². The van der Waals surface area contributed by atoms with E-state index in [1.807, 2.05) is 70.7 Å². The normalized spacial score (nSPS) is 16.4. The number of aromatic nitrogens is 1. The molecule has 68 heavy (non-hydrogen) atoms. The Hall–Kier alpha value is -5.21. The van der Waals surface area contributed by atoms with Gasteiger partial charge in [0.05, 0.1) is 15.9 Å². The Morgan fingerprint density at radius 1 is 0.838 bits per heavy atom. The van der Waals surface area contributed by atoms with Crippen LogP contribution in [0.4, 0.5) is 5.69 Å². The van der Waals surface area contributed by atoms with Gasteiger partial charge in [-0.3, -0.25) is 4.99 Å². The highest BCUT2D eigenvalue weighted by atomic mass is 32.2. The fraction of sp³-hybridized carbons (Fsp3) is 0.375. The third-order valence-electron chi connectivity index (χ3n) is 11.9. The van der Waals surface area contributed by atoms with Crippen LogP contribution in [0.15, 0.2) is 183 Å². The molecule has 1 atom stereocenters. The van der Waals surface area contributed by atoms with E-state index in [-0.39, 0.29) is 0 Å². The second-order valence-electron chi connectivity index (χ2n) is 15.9. The van der Waals surface area contributed by atoms with Gasteiger partial charge >= 0.3 is 0 Å². The molecular formula is C64H84N2S2. The van der Waals surface area contributed by atoms with Crippen molar-refractivity contribution >= 4 is 51.3 Å². The molecule has 0 aliphatic heterocycles. The van der Waals surface area contributed by atoms with E-state index < -0.39 is 0 Å². The van der Waals surface area contributed by atoms with Gasteiger partial charge in [0, 0.05) is 16.6 Å². The van der Waals surface area contributed by atoms with Crippen molar-refractivity contribution in [2.45, 2.75) is 157 Å². The van der Waals surface area contributed by atoms with Crippen LogP contribution < -0.4 is 0 Å². The highest BCUT2D eigenvalue weighted by molar-refractivity contribution is 7.99. The molecule has 3 aromatic carbocycles. The van der Waals surface area contributed by atoms with Crippen molar-refractivity contribution in [3.05, 3.63) is 189 Å². The molecule has 2 aliphatic rings.